The Labute approximate surface area is 127 Å². The van der Waals surface area contributed by atoms with Gasteiger partial charge in [-0.1, -0.05) is 23.7 Å². The Kier molecular flexibility index (Phi) is 5.51. The molecule has 0 aliphatic heterocycles. The highest BCUT2D eigenvalue weighted by atomic mass is 35.5. The molecule has 0 saturated carbocycles. The van der Waals surface area contributed by atoms with Crippen molar-refractivity contribution in [3.8, 4) is 0 Å². The number of carbonyl (C=O) groups excluding carboxylic acids is 1. The predicted octanol–water partition coefficient (Wildman–Crippen LogP) is 1.91. The van der Waals surface area contributed by atoms with Crippen molar-refractivity contribution in [2.75, 3.05) is 18.4 Å². The summed E-state index contributed by atoms with van der Waals surface area (Å²) in [6.45, 7) is 3.21. The lowest BCUT2D eigenvalue weighted by Gasteiger charge is -2.08. The second kappa shape index (κ2) is 7.58. The minimum absolute atomic E-state index is 0.200. The van der Waals surface area contributed by atoms with Crippen molar-refractivity contribution in [3.05, 3.63) is 35.1 Å². The van der Waals surface area contributed by atoms with E-state index < -0.39 is 0 Å². The maximum Gasteiger partial charge on any atom is 0.271 e. The normalized spacial score (nSPS) is 10.4. The third-order valence-electron chi connectivity index (χ3n) is 2.66. The van der Waals surface area contributed by atoms with Gasteiger partial charge in [-0.2, -0.15) is 4.98 Å². The molecular formula is C13H16ClN5O2. The Morgan fingerprint density at radius 2 is 2.24 bits per heavy atom. The van der Waals surface area contributed by atoms with E-state index in [1.807, 2.05) is 0 Å². The number of aromatic nitrogens is 3. The Hall–Kier alpha value is -2.15. The molecule has 2 N–H and O–H groups in total. The standard InChI is InChI=1S/C13H16ClN5O2/c1-2-6-15-10-4-3-9(14)12(18-10)13(20)16-7-5-11-17-8-21-19-11/h3-4,8H,2,5-7H2,1H3,(H,15,18)(H,16,20). The van der Waals surface area contributed by atoms with Gasteiger partial charge in [-0.15, -0.1) is 0 Å². The molecule has 0 bridgehead atoms. The number of halogens is 1. The number of anilines is 1. The van der Waals surface area contributed by atoms with E-state index in [1.54, 1.807) is 12.1 Å². The second-order valence-electron chi connectivity index (χ2n) is 4.31. The molecule has 0 saturated heterocycles. The van der Waals surface area contributed by atoms with E-state index in [0.717, 1.165) is 13.0 Å². The molecule has 0 atom stereocenters. The van der Waals surface area contributed by atoms with Crippen LogP contribution in [0.3, 0.4) is 0 Å². The predicted molar refractivity (Wildman–Crippen MR) is 78.4 cm³/mol. The van der Waals surface area contributed by atoms with E-state index in [2.05, 4.69) is 37.2 Å². The zero-order chi connectivity index (χ0) is 15.1. The average Bonchev–Trinajstić information content (AvgIpc) is 2.99. The first-order valence-electron chi connectivity index (χ1n) is 6.64. The fourth-order valence-corrected chi connectivity index (χ4v) is 1.82. The molecule has 8 heteroatoms. The van der Waals surface area contributed by atoms with Crippen LogP contribution in [0.2, 0.25) is 5.02 Å². The van der Waals surface area contributed by atoms with Gasteiger partial charge in [0, 0.05) is 19.5 Å². The van der Waals surface area contributed by atoms with Crippen LogP contribution in [0.4, 0.5) is 5.82 Å². The van der Waals surface area contributed by atoms with Gasteiger partial charge in [-0.25, -0.2) is 4.98 Å². The maximum atomic E-state index is 12.1. The van der Waals surface area contributed by atoms with Crippen molar-refractivity contribution in [2.45, 2.75) is 19.8 Å². The Morgan fingerprint density at radius 1 is 1.38 bits per heavy atom. The average molecular weight is 310 g/mol. The molecule has 2 rings (SSSR count). The van der Waals surface area contributed by atoms with Crippen molar-refractivity contribution < 1.29 is 9.32 Å². The molecule has 1 amide bonds. The topological polar surface area (TPSA) is 92.9 Å². The third-order valence-corrected chi connectivity index (χ3v) is 2.96. The first-order chi connectivity index (χ1) is 10.2. The van der Waals surface area contributed by atoms with Gasteiger partial charge in [0.1, 0.15) is 11.5 Å². The van der Waals surface area contributed by atoms with Gasteiger partial charge >= 0.3 is 0 Å². The van der Waals surface area contributed by atoms with Gasteiger partial charge in [0.25, 0.3) is 5.91 Å². The highest BCUT2D eigenvalue weighted by Gasteiger charge is 2.13. The van der Waals surface area contributed by atoms with E-state index in [0.29, 0.717) is 29.6 Å². The number of rotatable bonds is 7. The van der Waals surface area contributed by atoms with E-state index in [-0.39, 0.29) is 11.6 Å². The van der Waals surface area contributed by atoms with Crippen LogP contribution in [-0.2, 0) is 6.42 Å². The summed E-state index contributed by atoms with van der Waals surface area (Å²) in [7, 11) is 0. The quantitative estimate of drug-likeness (QED) is 0.811. The largest absolute Gasteiger partial charge is 0.370 e. The van der Waals surface area contributed by atoms with Crippen LogP contribution in [0, 0.1) is 0 Å². The van der Waals surface area contributed by atoms with E-state index >= 15 is 0 Å². The Balaban J connectivity index is 1.94. The van der Waals surface area contributed by atoms with E-state index in [9.17, 15) is 4.79 Å². The van der Waals surface area contributed by atoms with Crippen molar-refractivity contribution in [2.24, 2.45) is 0 Å². The number of hydrogen-bond donors (Lipinski definition) is 2. The first-order valence-corrected chi connectivity index (χ1v) is 7.02. The summed E-state index contributed by atoms with van der Waals surface area (Å²) < 4.78 is 4.61. The van der Waals surface area contributed by atoms with Crippen molar-refractivity contribution in [3.63, 3.8) is 0 Å². The summed E-state index contributed by atoms with van der Waals surface area (Å²) in [6, 6.07) is 3.40. The number of nitrogens with one attached hydrogen (secondary N) is 2. The minimum atomic E-state index is -0.330. The molecule has 0 aromatic carbocycles. The van der Waals surface area contributed by atoms with Gasteiger partial charge in [0.05, 0.1) is 5.02 Å². The molecule has 0 fully saturated rings. The monoisotopic (exact) mass is 309 g/mol. The number of carbonyl (C=O) groups is 1. The Bertz CT molecular complexity index is 588. The molecule has 0 aliphatic rings. The van der Waals surface area contributed by atoms with Crippen molar-refractivity contribution >= 4 is 23.3 Å². The SMILES string of the molecule is CCCNc1ccc(Cl)c(C(=O)NCCc2ncon2)n1. The van der Waals surface area contributed by atoms with Gasteiger partial charge < -0.3 is 15.2 Å². The van der Waals surface area contributed by atoms with E-state index in [4.69, 9.17) is 11.6 Å². The number of hydrogen-bond acceptors (Lipinski definition) is 6. The van der Waals surface area contributed by atoms with Crippen molar-refractivity contribution in [1.82, 2.24) is 20.4 Å². The van der Waals surface area contributed by atoms with Crippen molar-refractivity contribution in [1.29, 1.82) is 0 Å². The maximum absolute atomic E-state index is 12.1. The first kappa shape index (κ1) is 15.2. The van der Waals surface area contributed by atoms with Crippen LogP contribution in [-0.4, -0.2) is 34.1 Å². The summed E-state index contributed by atoms with van der Waals surface area (Å²) in [4.78, 5) is 20.2. The highest BCUT2D eigenvalue weighted by Crippen LogP contribution is 2.16. The lowest BCUT2D eigenvalue weighted by atomic mass is 10.3. The zero-order valence-corrected chi connectivity index (χ0v) is 12.4. The molecule has 2 heterocycles. The second-order valence-corrected chi connectivity index (χ2v) is 4.71. The summed E-state index contributed by atoms with van der Waals surface area (Å²) >= 11 is 6.01. The molecular weight excluding hydrogens is 294 g/mol. The third kappa shape index (κ3) is 4.42. The smallest absolute Gasteiger partial charge is 0.271 e. The summed E-state index contributed by atoms with van der Waals surface area (Å²) in [6.07, 6.45) is 2.70. The minimum Gasteiger partial charge on any atom is -0.370 e. The summed E-state index contributed by atoms with van der Waals surface area (Å²) in [5.41, 5.74) is 0.200. The van der Waals surface area contributed by atoms with Crippen LogP contribution in [0.5, 0.6) is 0 Å². The highest BCUT2D eigenvalue weighted by molar-refractivity contribution is 6.33. The Morgan fingerprint density at radius 3 is 2.95 bits per heavy atom. The van der Waals surface area contributed by atoms with Gasteiger partial charge in [0.2, 0.25) is 6.39 Å². The summed E-state index contributed by atoms with van der Waals surface area (Å²) in [5, 5.41) is 9.82. The van der Waals surface area contributed by atoms with Gasteiger partial charge in [-0.3, -0.25) is 4.79 Å². The van der Waals surface area contributed by atoms with Crippen LogP contribution in [0.1, 0.15) is 29.7 Å². The molecule has 2 aromatic heterocycles. The molecule has 7 nitrogen and oxygen atoms in total. The number of amides is 1. The van der Waals surface area contributed by atoms with Crippen LogP contribution in [0.15, 0.2) is 23.0 Å². The molecule has 0 radical (unpaired) electrons. The van der Waals surface area contributed by atoms with Crippen LogP contribution < -0.4 is 10.6 Å². The number of nitrogens with zero attached hydrogens (tertiary/aromatic N) is 3. The van der Waals surface area contributed by atoms with Crippen LogP contribution in [0.25, 0.3) is 0 Å². The fraction of sp³-hybridized carbons (Fsp3) is 0.385. The van der Waals surface area contributed by atoms with E-state index in [1.165, 1.54) is 6.39 Å². The van der Waals surface area contributed by atoms with Crippen LogP contribution >= 0.6 is 11.6 Å². The number of pyridine rings is 1. The van der Waals surface area contributed by atoms with Gasteiger partial charge in [-0.05, 0) is 18.6 Å². The zero-order valence-electron chi connectivity index (χ0n) is 11.6. The molecule has 2 aromatic rings. The lowest BCUT2D eigenvalue weighted by Crippen LogP contribution is -2.27. The van der Waals surface area contributed by atoms with Gasteiger partial charge in [0.15, 0.2) is 5.82 Å². The fourth-order valence-electron chi connectivity index (χ4n) is 1.63. The molecule has 0 spiro atoms. The molecule has 21 heavy (non-hydrogen) atoms. The molecule has 0 unspecified atom stereocenters. The lowest BCUT2D eigenvalue weighted by molar-refractivity contribution is 0.0949. The molecule has 0 aliphatic carbocycles. The summed E-state index contributed by atoms with van der Waals surface area (Å²) in [5.74, 6) is 0.834. The molecule has 112 valence electrons.